The van der Waals surface area contributed by atoms with Crippen LogP contribution in [0.5, 0.6) is 0 Å². The van der Waals surface area contributed by atoms with E-state index in [1.165, 1.54) is 13.8 Å². The van der Waals surface area contributed by atoms with Crippen LogP contribution in [0.15, 0.2) is 82.6 Å². The smallest absolute Gasteiger partial charge is 0.243 e. The van der Waals surface area contributed by atoms with Crippen LogP contribution in [-0.4, -0.2) is 107 Å². The monoisotopic (exact) mass is 921 g/mol. The van der Waals surface area contributed by atoms with Crippen LogP contribution in [0, 0.1) is 0 Å². The Bertz CT molecular complexity index is 2340. The average molecular weight is 922 g/mol. The molecule has 0 aliphatic carbocycles. The summed E-state index contributed by atoms with van der Waals surface area (Å²) >= 11 is 0. The summed E-state index contributed by atoms with van der Waals surface area (Å²) in [4.78, 5) is 121. The molecule has 0 radical (unpaired) electrons. The summed E-state index contributed by atoms with van der Waals surface area (Å²) < 4.78 is 0. The number of nitrogens with zero attached hydrogens (tertiary/aromatic N) is 2. The number of carbonyl (C=O) groups excluding carboxylic acids is 8. The fraction of sp³-hybridized carbons (Fsp3) is 0.458. The number of hydrogen-bond donors (Lipinski definition) is 9. The first-order valence-corrected chi connectivity index (χ1v) is 22.8. The maximum atomic E-state index is 14.6. The number of benzene rings is 2. The number of rotatable bonds is 12. The Morgan fingerprint density at radius 1 is 0.716 bits per heavy atom. The Morgan fingerprint density at radius 3 is 2.04 bits per heavy atom. The third kappa shape index (κ3) is 16.3. The molecule has 5 rings (SSSR count). The Labute approximate surface area is 389 Å². The fourth-order valence-electron chi connectivity index (χ4n) is 8.06. The summed E-state index contributed by atoms with van der Waals surface area (Å²) in [6.45, 7) is 2.72. The summed E-state index contributed by atoms with van der Waals surface area (Å²) in [7, 11) is 0. The lowest BCUT2D eigenvalue weighted by Gasteiger charge is -2.28. The van der Waals surface area contributed by atoms with E-state index in [1.54, 1.807) is 48.8 Å². The van der Waals surface area contributed by atoms with Gasteiger partial charge < -0.3 is 48.4 Å². The van der Waals surface area contributed by atoms with E-state index in [0.29, 0.717) is 36.9 Å². The van der Waals surface area contributed by atoms with Gasteiger partial charge in [0.05, 0.1) is 6.04 Å². The molecule has 1 fully saturated rings. The fourth-order valence-corrected chi connectivity index (χ4v) is 8.06. The maximum absolute atomic E-state index is 14.6. The summed E-state index contributed by atoms with van der Waals surface area (Å²) in [5.41, 5.74) is 13.9. The van der Waals surface area contributed by atoms with E-state index in [-0.39, 0.29) is 81.9 Å². The van der Waals surface area contributed by atoms with Crippen LogP contribution in [0.4, 0.5) is 0 Å². The van der Waals surface area contributed by atoms with Gasteiger partial charge in [0.25, 0.3) is 0 Å². The first-order valence-electron chi connectivity index (χ1n) is 22.8. The van der Waals surface area contributed by atoms with E-state index < -0.39 is 71.7 Å². The highest BCUT2D eigenvalue weighted by atomic mass is 16.2. The van der Waals surface area contributed by atoms with E-state index >= 15 is 0 Å². The van der Waals surface area contributed by atoms with Gasteiger partial charge in [-0.25, -0.2) is 0 Å². The molecule has 19 nitrogen and oxygen atoms in total. The van der Waals surface area contributed by atoms with E-state index in [9.17, 15) is 38.4 Å². The summed E-state index contributed by atoms with van der Waals surface area (Å²) in [5, 5.41) is 17.5. The third-order valence-electron chi connectivity index (χ3n) is 11.6. The first-order chi connectivity index (χ1) is 32.2. The lowest BCUT2D eigenvalue weighted by molar-refractivity contribution is -0.135. The van der Waals surface area contributed by atoms with Crippen LogP contribution >= 0.6 is 0 Å². The number of carbonyl (C=O) groups is 8. The van der Waals surface area contributed by atoms with Gasteiger partial charge in [-0.05, 0) is 56.2 Å². The number of aromatic amines is 1. The van der Waals surface area contributed by atoms with Gasteiger partial charge >= 0.3 is 0 Å². The predicted octanol–water partition coefficient (Wildman–Crippen LogP) is 1.59. The van der Waals surface area contributed by atoms with E-state index in [1.807, 2.05) is 24.3 Å². The van der Waals surface area contributed by atoms with Crippen LogP contribution in [0.1, 0.15) is 95.6 Å². The zero-order chi connectivity index (χ0) is 48.3. The van der Waals surface area contributed by atoms with Crippen molar-refractivity contribution in [3.8, 4) is 0 Å². The molecule has 2 aliphatic rings. The first kappa shape index (κ1) is 50.8. The Kier molecular flexibility index (Phi) is 19.3. The van der Waals surface area contributed by atoms with Crippen molar-refractivity contribution in [3.05, 3.63) is 83.7 Å². The number of nitrogens with two attached hydrogens (primary N) is 2. The number of H-pyrrole nitrogens is 1. The number of allylic oxidation sites excluding steroid dienone is 1. The van der Waals surface area contributed by atoms with Crippen molar-refractivity contribution in [3.63, 3.8) is 0 Å². The summed E-state index contributed by atoms with van der Waals surface area (Å²) in [5.74, 6) is -4.66. The van der Waals surface area contributed by atoms with Gasteiger partial charge in [0.1, 0.15) is 36.0 Å². The molecule has 358 valence electrons. The maximum Gasteiger partial charge on any atom is 0.243 e. The van der Waals surface area contributed by atoms with E-state index in [2.05, 4.69) is 46.9 Å². The number of aliphatic imine (C=N–C) groups is 2. The van der Waals surface area contributed by atoms with Crippen molar-refractivity contribution in [2.45, 2.75) is 134 Å². The van der Waals surface area contributed by atoms with Crippen LogP contribution < -0.4 is 43.4 Å². The molecular weight excluding hydrogens is 859 g/mol. The number of amides is 6. The standard InChI is InChI=1S/C48H63N11O8/c1-29(60)36-18-8-4-7-16-34(62)21-22-39(54-30(2)61)44(64)59-42(27-33-15-11-23-51-33)47(67)57-40(25-31-13-5-3-6-14-31)45(65)56-38(20-12-24-52-48(49)50)43(63)58-41(46(66)55-36)26-32-28-53-37-19-10-9-17-35(32)37/h3,5-6,9-10,13-15,17,19,23,28,36,38-42,53H,4,7-8,11-12,16,18,20-22,24-27H2,1-2H3,(H,54,61)(H,55,66)(H,56,65)(H,57,67)(H,58,63)(H,59,64)(H4,49,50,52)/t36-,38-,39-,40+,41-,42-/m0/s1. The normalized spacial score (nSPS) is 23.1. The molecule has 6 atom stereocenters. The molecule has 1 saturated heterocycles. The Hall–Kier alpha value is -7.18. The molecule has 0 bridgehead atoms. The molecule has 1 aromatic heterocycles. The molecule has 6 amide bonds. The molecule has 0 spiro atoms. The lowest BCUT2D eigenvalue weighted by Crippen LogP contribution is -2.60. The van der Waals surface area contributed by atoms with Crippen molar-refractivity contribution in [1.29, 1.82) is 0 Å². The quantitative estimate of drug-likeness (QED) is 0.0718. The third-order valence-corrected chi connectivity index (χ3v) is 11.6. The molecule has 2 aliphatic heterocycles. The molecule has 19 heteroatoms. The largest absolute Gasteiger partial charge is 0.370 e. The molecule has 3 heterocycles. The van der Waals surface area contributed by atoms with Crippen LogP contribution in [0.2, 0.25) is 0 Å². The summed E-state index contributed by atoms with van der Waals surface area (Å²) in [6.07, 6.45) is 7.78. The number of Topliss-reactive ketones (excluding diaryl/α,β-unsaturated/α-hetero) is 2. The SMILES string of the molecule is CC(=O)N[C@H]1CCC(=O)CCCCC[C@@H](C(C)=O)NC(=O)[C@H](Cc2c[nH]c3ccccc23)NC(=O)[C@H](CCCN=C(N)N)NC(=O)[C@@H](Cc2ccccc2)NC(=O)[C@H](CC2=CCC=N2)NC1=O. The van der Waals surface area contributed by atoms with Crippen molar-refractivity contribution >= 4 is 70.1 Å². The van der Waals surface area contributed by atoms with Crippen LogP contribution in [0.25, 0.3) is 10.9 Å². The van der Waals surface area contributed by atoms with Gasteiger partial charge in [-0.1, -0.05) is 67.4 Å². The zero-order valence-corrected chi connectivity index (χ0v) is 38.1. The topological polar surface area (TPSA) is 301 Å². The second-order valence-electron chi connectivity index (χ2n) is 17.0. The molecular formula is C48H63N11O8. The van der Waals surface area contributed by atoms with Gasteiger partial charge in [0.15, 0.2) is 11.7 Å². The number of guanidine groups is 1. The molecule has 0 unspecified atom stereocenters. The molecule has 2 aromatic carbocycles. The van der Waals surface area contributed by atoms with Gasteiger partial charge in [0.2, 0.25) is 35.4 Å². The minimum absolute atomic E-state index is 0.00966. The van der Waals surface area contributed by atoms with Crippen LogP contribution in [0.3, 0.4) is 0 Å². The highest BCUT2D eigenvalue weighted by molar-refractivity contribution is 5.98. The van der Waals surface area contributed by atoms with E-state index in [4.69, 9.17) is 11.5 Å². The van der Waals surface area contributed by atoms with E-state index in [0.717, 1.165) is 16.5 Å². The van der Waals surface area contributed by atoms with Gasteiger partial charge in [-0.3, -0.25) is 48.3 Å². The molecule has 0 saturated carbocycles. The molecule has 3 aromatic rings. The Morgan fingerprint density at radius 2 is 1.36 bits per heavy atom. The number of nitrogens with one attached hydrogen (secondary N) is 7. The number of ketones is 2. The van der Waals surface area contributed by atoms with Crippen molar-refractivity contribution in [2.75, 3.05) is 6.54 Å². The molecule has 67 heavy (non-hydrogen) atoms. The second kappa shape index (κ2) is 25.5. The van der Waals surface area contributed by atoms with Crippen LogP contribution in [-0.2, 0) is 51.2 Å². The van der Waals surface area contributed by atoms with Crippen molar-refractivity contribution in [1.82, 2.24) is 36.9 Å². The predicted molar refractivity (Wildman–Crippen MR) is 253 cm³/mol. The van der Waals surface area contributed by atoms with Gasteiger partial charge in [-0.15, -0.1) is 0 Å². The minimum atomic E-state index is -1.31. The number of para-hydroxylation sites is 1. The number of aromatic nitrogens is 1. The number of hydrogen-bond acceptors (Lipinski definition) is 10. The van der Waals surface area contributed by atoms with Crippen molar-refractivity contribution < 1.29 is 38.4 Å². The van der Waals surface area contributed by atoms with Crippen molar-refractivity contribution in [2.24, 2.45) is 21.5 Å². The average Bonchev–Trinajstić information content (AvgIpc) is 3.97. The molecule has 11 N–H and O–H groups in total. The highest BCUT2D eigenvalue weighted by Gasteiger charge is 2.34. The summed E-state index contributed by atoms with van der Waals surface area (Å²) in [6, 6.07) is 9.20. The second-order valence-corrected chi connectivity index (χ2v) is 17.0. The zero-order valence-electron chi connectivity index (χ0n) is 38.1. The highest BCUT2D eigenvalue weighted by Crippen LogP contribution is 2.20. The Balaban J connectivity index is 1.52. The lowest BCUT2D eigenvalue weighted by atomic mass is 9.99. The minimum Gasteiger partial charge on any atom is -0.370 e. The number of fused-ring (bicyclic) bond motifs is 1. The van der Waals surface area contributed by atoms with Gasteiger partial charge in [0, 0.05) is 81.0 Å². The van der Waals surface area contributed by atoms with Gasteiger partial charge in [-0.2, -0.15) is 0 Å².